The van der Waals surface area contributed by atoms with Crippen molar-refractivity contribution in [1.82, 2.24) is 10.2 Å². The van der Waals surface area contributed by atoms with Crippen molar-refractivity contribution < 1.29 is 4.74 Å². The molecule has 0 bridgehead atoms. The summed E-state index contributed by atoms with van der Waals surface area (Å²) >= 11 is 0. The van der Waals surface area contributed by atoms with Crippen LogP contribution in [0.15, 0.2) is 0 Å². The summed E-state index contributed by atoms with van der Waals surface area (Å²) in [7, 11) is 1.83. The van der Waals surface area contributed by atoms with E-state index in [1.165, 1.54) is 64.7 Å². The van der Waals surface area contributed by atoms with Crippen molar-refractivity contribution in [3.63, 3.8) is 0 Å². The second-order valence-corrected chi connectivity index (χ2v) is 5.11. The first-order valence-corrected chi connectivity index (χ1v) is 7.32. The minimum Gasteiger partial charge on any atom is -0.380 e. The summed E-state index contributed by atoms with van der Waals surface area (Å²) in [6, 6.07) is 0. The SMILES string of the molecule is CCCNCCCCCCN1CCC(OC)C1. The summed E-state index contributed by atoms with van der Waals surface area (Å²) in [5.74, 6) is 0. The molecule has 0 aromatic carbocycles. The van der Waals surface area contributed by atoms with Crippen LogP contribution in [0, 0.1) is 0 Å². The molecule has 1 saturated heterocycles. The summed E-state index contributed by atoms with van der Waals surface area (Å²) in [4.78, 5) is 2.55. The highest BCUT2D eigenvalue weighted by Gasteiger charge is 2.20. The Morgan fingerprint density at radius 3 is 2.71 bits per heavy atom. The van der Waals surface area contributed by atoms with Crippen LogP contribution >= 0.6 is 0 Å². The smallest absolute Gasteiger partial charge is 0.0710 e. The van der Waals surface area contributed by atoms with E-state index < -0.39 is 0 Å². The first-order valence-electron chi connectivity index (χ1n) is 7.32. The predicted octanol–water partition coefficient (Wildman–Crippen LogP) is 2.27. The molecule has 1 N–H and O–H groups in total. The topological polar surface area (TPSA) is 24.5 Å². The Morgan fingerprint density at radius 2 is 2.00 bits per heavy atom. The van der Waals surface area contributed by atoms with Crippen molar-refractivity contribution in [2.75, 3.05) is 39.8 Å². The van der Waals surface area contributed by atoms with Crippen LogP contribution in [0.3, 0.4) is 0 Å². The molecule has 0 aliphatic carbocycles. The van der Waals surface area contributed by atoms with E-state index in [9.17, 15) is 0 Å². The first-order chi connectivity index (χ1) is 8.36. The van der Waals surface area contributed by atoms with Gasteiger partial charge in [-0.3, -0.25) is 0 Å². The van der Waals surface area contributed by atoms with Crippen molar-refractivity contribution >= 4 is 0 Å². The number of methoxy groups -OCH3 is 1. The number of hydrogen-bond donors (Lipinski definition) is 1. The van der Waals surface area contributed by atoms with E-state index in [-0.39, 0.29) is 0 Å². The Hall–Kier alpha value is -0.120. The lowest BCUT2D eigenvalue weighted by Gasteiger charge is -2.15. The summed E-state index contributed by atoms with van der Waals surface area (Å²) in [5, 5.41) is 3.45. The molecule has 1 unspecified atom stereocenters. The number of nitrogens with one attached hydrogen (secondary N) is 1. The van der Waals surface area contributed by atoms with Crippen molar-refractivity contribution in [3.8, 4) is 0 Å². The van der Waals surface area contributed by atoms with Gasteiger partial charge in [-0.15, -0.1) is 0 Å². The quantitative estimate of drug-likeness (QED) is 0.595. The second kappa shape index (κ2) is 9.86. The van der Waals surface area contributed by atoms with Gasteiger partial charge < -0.3 is 15.0 Å². The van der Waals surface area contributed by atoms with E-state index in [0.717, 1.165) is 6.54 Å². The van der Waals surface area contributed by atoms with Crippen LogP contribution in [0.4, 0.5) is 0 Å². The molecule has 0 amide bonds. The Labute approximate surface area is 107 Å². The normalized spacial score (nSPS) is 21.2. The zero-order chi connectivity index (χ0) is 12.3. The third-order valence-corrected chi connectivity index (χ3v) is 3.57. The van der Waals surface area contributed by atoms with Gasteiger partial charge >= 0.3 is 0 Å². The van der Waals surface area contributed by atoms with Gasteiger partial charge in [0.05, 0.1) is 6.10 Å². The van der Waals surface area contributed by atoms with Crippen molar-refractivity contribution in [1.29, 1.82) is 0 Å². The minimum absolute atomic E-state index is 0.494. The molecule has 0 spiro atoms. The minimum atomic E-state index is 0.494. The molecule has 1 aliphatic heterocycles. The summed E-state index contributed by atoms with van der Waals surface area (Å²) in [6.07, 6.45) is 8.39. The maximum Gasteiger partial charge on any atom is 0.0710 e. The lowest BCUT2D eigenvalue weighted by atomic mass is 10.2. The highest BCUT2D eigenvalue weighted by atomic mass is 16.5. The van der Waals surface area contributed by atoms with E-state index in [1.54, 1.807) is 0 Å². The van der Waals surface area contributed by atoms with Crippen LogP contribution in [-0.4, -0.2) is 50.8 Å². The molecular formula is C14H30N2O. The number of unbranched alkanes of at least 4 members (excludes halogenated alkanes) is 3. The van der Waals surface area contributed by atoms with Gasteiger partial charge in [0, 0.05) is 20.2 Å². The summed E-state index contributed by atoms with van der Waals surface area (Å²) in [5.41, 5.74) is 0. The molecule has 17 heavy (non-hydrogen) atoms. The van der Waals surface area contributed by atoms with Crippen LogP contribution in [0.1, 0.15) is 45.4 Å². The average Bonchev–Trinajstić information content (AvgIpc) is 2.80. The number of hydrogen-bond acceptors (Lipinski definition) is 3. The van der Waals surface area contributed by atoms with Gasteiger partial charge in [0.1, 0.15) is 0 Å². The maximum absolute atomic E-state index is 5.37. The Balaban J connectivity index is 1.81. The van der Waals surface area contributed by atoms with Crippen LogP contribution in [-0.2, 0) is 4.74 Å². The third-order valence-electron chi connectivity index (χ3n) is 3.57. The van der Waals surface area contributed by atoms with Crippen molar-refractivity contribution in [3.05, 3.63) is 0 Å². The molecule has 0 saturated carbocycles. The molecule has 1 fully saturated rings. The van der Waals surface area contributed by atoms with Crippen molar-refractivity contribution in [2.45, 2.75) is 51.6 Å². The van der Waals surface area contributed by atoms with Gasteiger partial charge in [-0.1, -0.05) is 19.8 Å². The second-order valence-electron chi connectivity index (χ2n) is 5.11. The molecule has 0 radical (unpaired) electrons. The molecule has 1 heterocycles. The standard InChI is InChI=1S/C14H30N2O/c1-3-9-15-10-6-4-5-7-11-16-12-8-14(13-16)17-2/h14-15H,3-13H2,1-2H3. The van der Waals surface area contributed by atoms with E-state index >= 15 is 0 Å². The lowest BCUT2D eigenvalue weighted by molar-refractivity contribution is 0.108. The fourth-order valence-electron chi connectivity index (χ4n) is 2.43. The van der Waals surface area contributed by atoms with Gasteiger partial charge in [0.15, 0.2) is 0 Å². The fourth-order valence-corrected chi connectivity index (χ4v) is 2.43. The molecular weight excluding hydrogens is 212 g/mol. The van der Waals surface area contributed by atoms with Gasteiger partial charge in [-0.25, -0.2) is 0 Å². The zero-order valence-electron chi connectivity index (χ0n) is 11.7. The molecule has 1 atom stereocenters. The van der Waals surface area contributed by atoms with E-state index in [2.05, 4.69) is 17.1 Å². The molecule has 1 aliphatic rings. The maximum atomic E-state index is 5.37. The zero-order valence-corrected chi connectivity index (χ0v) is 11.7. The largest absolute Gasteiger partial charge is 0.380 e. The third kappa shape index (κ3) is 7.02. The Bertz CT molecular complexity index is 176. The van der Waals surface area contributed by atoms with Crippen LogP contribution in [0.2, 0.25) is 0 Å². The summed E-state index contributed by atoms with van der Waals surface area (Å²) < 4.78 is 5.37. The van der Waals surface area contributed by atoms with Gasteiger partial charge in [-0.05, 0) is 45.3 Å². The predicted molar refractivity (Wildman–Crippen MR) is 73.5 cm³/mol. The van der Waals surface area contributed by atoms with E-state index in [0.29, 0.717) is 6.10 Å². The highest BCUT2D eigenvalue weighted by molar-refractivity contribution is 4.75. The molecule has 3 nitrogen and oxygen atoms in total. The van der Waals surface area contributed by atoms with Crippen molar-refractivity contribution in [2.24, 2.45) is 0 Å². The average molecular weight is 242 g/mol. The number of rotatable bonds is 10. The lowest BCUT2D eigenvalue weighted by Crippen LogP contribution is -2.24. The molecule has 0 aromatic rings. The van der Waals surface area contributed by atoms with Gasteiger partial charge in [-0.2, -0.15) is 0 Å². The van der Waals surface area contributed by atoms with E-state index in [4.69, 9.17) is 4.74 Å². The van der Waals surface area contributed by atoms with Crippen LogP contribution in [0.5, 0.6) is 0 Å². The van der Waals surface area contributed by atoms with Gasteiger partial charge in [0.2, 0.25) is 0 Å². The Kier molecular flexibility index (Phi) is 8.67. The van der Waals surface area contributed by atoms with Gasteiger partial charge in [0.25, 0.3) is 0 Å². The monoisotopic (exact) mass is 242 g/mol. The fraction of sp³-hybridized carbons (Fsp3) is 1.00. The molecule has 1 rings (SSSR count). The van der Waals surface area contributed by atoms with Crippen LogP contribution in [0.25, 0.3) is 0 Å². The number of ether oxygens (including phenoxy) is 1. The molecule has 0 aromatic heterocycles. The molecule has 3 heteroatoms. The highest BCUT2D eigenvalue weighted by Crippen LogP contribution is 2.12. The number of nitrogens with zero attached hydrogens (tertiary/aromatic N) is 1. The van der Waals surface area contributed by atoms with Crippen LogP contribution < -0.4 is 5.32 Å². The number of likely N-dealkylation sites (tertiary alicyclic amines) is 1. The first kappa shape index (κ1) is 14.9. The Morgan fingerprint density at radius 1 is 1.18 bits per heavy atom. The summed E-state index contributed by atoms with van der Waals surface area (Å²) in [6.45, 7) is 8.24. The molecule has 102 valence electrons. The van der Waals surface area contributed by atoms with E-state index in [1.807, 2.05) is 7.11 Å².